The number of guanidine groups is 1. The Hall–Kier alpha value is -1.39. The van der Waals surface area contributed by atoms with E-state index in [1.165, 1.54) is 5.56 Å². The number of aliphatic imine (C=N–C) groups is 1. The molecule has 1 aromatic rings. The molecule has 31 heavy (non-hydrogen) atoms. The number of nitrogens with zero attached hydrogens (tertiary/aromatic N) is 4. The Balaban J connectivity index is 0.00000272. The van der Waals surface area contributed by atoms with Crippen LogP contribution in [0, 0.1) is 0 Å². The summed E-state index contributed by atoms with van der Waals surface area (Å²) in [5.74, 6) is 1.27. The third kappa shape index (κ3) is 6.32. The number of hydrogen-bond acceptors (Lipinski definition) is 4. The van der Waals surface area contributed by atoms with Crippen LogP contribution in [0.15, 0.2) is 35.3 Å². The summed E-state index contributed by atoms with van der Waals surface area (Å²) in [4.78, 5) is 23.5. The van der Waals surface area contributed by atoms with E-state index in [0.29, 0.717) is 18.4 Å². The molecule has 7 nitrogen and oxygen atoms in total. The van der Waals surface area contributed by atoms with Crippen molar-refractivity contribution in [2.45, 2.75) is 44.9 Å². The van der Waals surface area contributed by atoms with Gasteiger partial charge < -0.3 is 19.9 Å². The van der Waals surface area contributed by atoms with Crippen LogP contribution in [0.1, 0.15) is 31.7 Å². The first-order chi connectivity index (χ1) is 14.7. The summed E-state index contributed by atoms with van der Waals surface area (Å²) in [6, 6.07) is 11.1. The van der Waals surface area contributed by atoms with E-state index in [9.17, 15) is 4.79 Å². The summed E-state index contributed by atoms with van der Waals surface area (Å²) in [5.41, 5.74) is 1.36. The normalized spacial score (nSPS) is 24.3. The van der Waals surface area contributed by atoms with Gasteiger partial charge in [0.1, 0.15) is 0 Å². The van der Waals surface area contributed by atoms with Crippen LogP contribution in [0.3, 0.4) is 0 Å². The van der Waals surface area contributed by atoms with Gasteiger partial charge in [-0.05, 0) is 25.3 Å². The van der Waals surface area contributed by atoms with Crippen molar-refractivity contribution in [2.75, 3.05) is 52.4 Å². The third-order valence-corrected chi connectivity index (χ3v) is 6.30. The molecular weight excluding hydrogens is 505 g/mol. The lowest BCUT2D eigenvalue weighted by Crippen LogP contribution is -2.50. The molecule has 0 aliphatic carbocycles. The highest BCUT2D eigenvalue weighted by Gasteiger charge is 2.41. The number of amides is 1. The van der Waals surface area contributed by atoms with Gasteiger partial charge >= 0.3 is 0 Å². The van der Waals surface area contributed by atoms with Crippen molar-refractivity contribution in [3.8, 4) is 0 Å². The van der Waals surface area contributed by atoms with Crippen molar-refractivity contribution in [3.63, 3.8) is 0 Å². The van der Waals surface area contributed by atoms with Crippen LogP contribution in [-0.4, -0.2) is 91.1 Å². The maximum atomic E-state index is 11.8. The summed E-state index contributed by atoms with van der Waals surface area (Å²) in [7, 11) is 0. The molecule has 2 unspecified atom stereocenters. The molecule has 1 N–H and O–H groups in total. The molecule has 3 fully saturated rings. The second-order valence-electron chi connectivity index (χ2n) is 8.41. The zero-order valence-corrected chi connectivity index (χ0v) is 20.9. The molecule has 172 valence electrons. The second-order valence-corrected chi connectivity index (χ2v) is 8.41. The minimum atomic E-state index is 0. The minimum absolute atomic E-state index is 0. The van der Waals surface area contributed by atoms with Gasteiger partial charge in [0.15, 0.2) is 5.96 Å². The lowest BCUT2D eigenvalue weighted by atomic mass is 10.1. The van der Waals surface area contributed by atoms with Crippen molar-refractivity contribution in [1.82, 2.24) is 20.0 Å². The topological polar surface area (TPSA) is 60.4 Å². The van der Waals surface area contributed by atoms with Crippen LogP contribution < -0.4 is 5.32 Å². The van der Waals surface area contributed by atoms with Gasteiger partial charge in [0.2, 0.25) is 5.91 Å². The number of likely N-dealkylation sites (tertiary alicyclic amines) is 2. The van der Waals surface area contributed by atoms with Gasteiger partial charge in [0, 0.05) is 58.8 Å². The van der Waals surface area contributed by atoms with Gasteiger partial charge in [-0.2, -0.15) is 0 Å². The smallest absolute Gasteiger partial charge is 0.222 e. The molecule has 3 saturated heterocycles. The number of morpholine rings is 1. The van der Waals surface area contributed by atoms with E-state index in [1.54, 1.807) is 0 Å². The molecule has 0 spiro atoms. The van der Waals surface area contributed by atoms with Crippen LogP contribution in [0.25, 0.3) is 0 Å². The van der Waals surface area contributed by atoms with Crippen molar-refractivity contribution >= 4 is 35.8 Å². The molecule has 8 heteroatoms. The van der Waals surface area contributed by atoms with Gasteiger partial charge in [0.05, 0.1) is 18.8 Å². The summed E-state index contributed by atoms with van der Waals surface area (Å²) in [5, 5.41) is 3.46. The summed E-state index contributed by atoms with van der Waals surface area (Å²) < 4.78 is 6.12. The Morgan fingerprint density at radius 3 is 2.81 bits per heavy atom. The quantitative estimate of drug-likeness (QED) is 0.248. The predicted octanol–water partition coefficient (Wildman–Crippen LogP) is 2.17. The molecule has 1 aromatic carbocycles. The number of halogens is 1. The van der Waals surface area contributed by atoms with E-state index in [4.69, 9.17) is 9.73 Å². The molecule has 3 heterocycles. The van der Waals surface area contributed by atoms with E-state index in [1.807, 2.05) is 4.90 Å². The fourth-order valence-electron chi connectivity index (χ4n) is 4.76. The first kappa shape index (κ1) is 24.3. The number of carbonyl (C=O) groups excluding carboxylic acids is 1. The average molecular weight is 541 g/mol. The minimum Gasteiger partial charge on any atom is -0.373 e. The van der Waals surface area contributed by atoms with E-state index in [2.05, 4.69) is 52.4 Å². The summed E-state index contributed by atoms with van der Waals surface area (Å²) in [6.07, 6.45) is 2.86. The highest BCUT2D eigenvalue weighted by Crippen LogP contribution is 2.24. The van der Waals surface area contributed by atoms with E-state index in [-0.39, 0.29) is 30.1 Å². The SMILES string of the molecule is CCNC(=NCCCN1CCCC1=O)N1CC2OCCN(Cc3ccccc3)C2C1.I. The van der Waals surface area contributed by atoms with Gasteiger partial charge in [-0.25, -0.2) is 0 Å². The Bertz CT molecular complexity index is 732. The molecular formula is C23H36IN5O2. The number of carbonyl (C=O) groups is 1. The second kappa shape index (κ2) is 12.0. The van der Waals surface area contributed by atoms with Crippen molar-refractivity contribution in [3.05, 3.63) is 35.9 Å². The van der Waals surface area contributed by atoms with Gasteiger partial charge in [-0.15, -0.1) is 24.0 Å². The first-order valence-electron chi connectivity index (χ1n) is 11.4. The zero-order valence-electron chi connectivity index (χ0n) is 18.5. The largest absolute Gasteiger partial charge is 0.373 e. The standard InChI is InChI=1S/C23H35N5O2.HI/c1-2-24-23(25-11-7-13-26-12-6-10-22(26)29)28-17-20-21(18-28)30-15-14-27(20)16-19-8-4-3-5-9-19;/h3-5,8-9,20-21H,2,6-7,10-18H2,1H3,(H,24,25);1H. The van der Waals surface area contributed by atoms with Crippen molar-refractivity contribution in [2.24, 2.45) is 4.99 Å². The molecule has 3 aliphatic heterocycles. The molecule has 0 saturated carbocycles. The van der Waals surface area contributed by atoms with Gasteiger partial charge in [0.25, 0.3) is 0 Å². The molecule has 0 bridgehead atoms. The van der Waals surface area contributed by atoms with E-state index < -0.39 is 0 Å². The average Bonchev–Trinajstić information content (AvgIpc) is 3.38. The number of rotatable bonds is 7. The Morgan fingerprint density at radius 2 is 2.06 bits per heavy atom. The predicted molar refractivity (Wildman–Crippen MR) is 134 cm³/mol. The van der Waals surface area contributed by atoms with Crippen molar-refractivity contribution < 1.29 is 9.53 Å². The third-order valence-electron chi connectivity index (χ3n) is 6.30. The summed E-state index contributed by atoms with van der Waals surface area (Å²) >= 11 is 0. The molecule has 3 aliphatic rings. The van der Waals surface area contributed by atoms with Gasteiger partial charge in [-0.3, -0.25) is 14.7 Å². The first-order valence-corrected chi connectivity index (χ1v) is 11.4. The highest BCUT2D eigenvalue weighted by atomic mass is 127. The molecule has 0 radical (unpaired) electrons. The Labute approximate surface area is 203 Å². The van der Waals surface area contributed by atoms with Crippen LogP contribution in [0.4, 0.5) is 0 Å². The monoisotopic (exact) mass is 541 g/mol. The Kier molecular flexibility index (Phi) is 9.40. The molecule has 4 rings (SSSR count). The summed E-state index contributed by atoms with van der Waals surface area (Å²) in [6.45, 7) is 9.99. The fraction of sp³-hybridized carbons (Fsp3) is 0.652. The van der Waals surface area contributed by atoms with Crippen LogP contribution in [-0.2, 0) is 16.1 Å². The zero-order chi connectivity index (χ0) is 20.8. The highest BCUT2D eigenvalue weighted by molar-refractivity contribution is 14.0. The maximum absolute atomic E-state index is 11.8. The lowest BCUT2D eigenvalue weighted by molar-refractivity contribution is -0.127. The number of fused-ring (bicyclic) bond motifs is 1. The number of nitrogens with one attached hydrogen (secondary N) is 1. The van der Waals surface area contributed by atoms with Crippen molar-refractivity contribution in [1.29, 1.82) is 0 Å². The van der Waals surface area contributed by atoms with Crippen LogP contribution in [0.5, 0.6) is 0 Å². The lowest BCUT2D eigenvalue weighted by Gasteiger charge is -2.36. The number of ether oxygens (including phenoxy) is 1. The Morgan fingerprint density at radius 1 is 1.23 bits per heavy atom. The maximum Gasteiger partial charge on any atom is 0.222 e. The number of benzene rings is 1. The van der Waals surface area contributed by atoms with Gasteiger partial charge in [-0.1, -0.05) is 30.3 Å². The van der Waals surface area contributed by atoms with E-state index in [0.717, 1.165) is 77.8 Å². The van der Waals surface area contributed by atoms with Crippen LogP contribution in [0.2, 0.25) is 0 Å². The molecule has 1 amide bonds. The molecule has 2 atom stereocenters. The molecule has 0 aromatic heterocycles. The fourth-order valence-corrected chi connectivity index (χ4v) is 4.76. The number of hydrogen-bond donors (Lipinski definition) is 1. The van der Waals surface area contributed by atoms with E-state index >= 15 is 0 Å². The van der Waals surface area contributed by atoms with Crippen LogP contribution >= 0.6 is 24.0 Å².